The second-order valence-electron chi connectivity index (χ2n) is 4.68. The number of quaternary nitrogens is 1. The molecule has 0 heterocycles. The van der Waals surface area contributed by atoms with Crippen molar-refractivity contribution < 1.29 is 25.0 Å². The summed E-state index contributed by atoms with van der Waals surface area (Å²) in [6.07, 6.45) is 6.00. The number of hydroxylamine groups is 1. The summed E-state index contributed by atoms with van der Waals surface area (Å²) in [6.45, 7) is 3.54. The Kier molecular flexibility index (Phi) is 10.6. The molecule has 0 amide bonds. The quantitative estimate of drug-likeness (QED) is 0.311. The third kappa shape index (κ3) is 10.8. The van der Waals surface area contributed by atoms with E-state index in [9.17, 15) is 15.1 Å². The number of ketones is 1. The number of ether oxygens (including phenoxy) is 1. The first-order valence-corrected chi connectivity index (χ1v) is 6.62. The van der Waals surface area contributed by atoms with Crippen molar-refractivity contribution >= 4 is 5.78 Å². The maximum absolute atomic E-state index is 10.7. The van der Waals surface area contributed by atoms with Crippen molar-refractivity contribution in [3.8, 4) is 0 Å². The number of unbranched alkanes of at least 4 members (excludes halogenated alkanes) is 2. The van der Waals surface area contributed by atoms with Crippen molar-refractivity contribution in [3.05, 3.63) is 12.3 Å². The first kappa shape index (κ1) is 18.2. The third-order valence-electron chi connectivity index (χ3n) is 2.69. The fraction of sp³-hybridized carbons (Fsp3) is 0.769. The molecule has 1 unspecified atom stereocenters. The van der Waals surface area contributed by atoms with Crippen LogP contribution in [-0.2, 0) is 9.53 Å². The van der Waals surface area contributed by atoms with Crippen LogP contribution in [0.1, 0.15) is 39.5 Å². The zero-order valence-corrected chi connectivity index (χ0v) is 12.1. The standard InChI is InChI=1S/C13H26N2O4/c1-11(16)8-6-4-5-7-9-15(18)14-13(10-19-3)12(2)17/h7,9,12-14,17-18H,4-6,8,10H2,1-3H3/p+1/b9-7+/t12-,13-/m0/s1. The molecule has 0 spiro atoms. The molecule has 0 aliphatic carbocycles. The Bertz CT molecular complexity index is 269. The summed E-state index contributed by atoms with van der Waals surface area (Å²) in [6, 6.07) is -0.340. The number of carbonyl (C=O) groups is 1. The van der Waals surface area contributed by atoms with Crippen LogP contribution >= 0.6 is 0 Å². The van der Waals surface area contributed by atoms with E-state index in [0.29, 0.717) is 13.0 Å². The lowest BCUT2D eigenvalue weighted by Crippen LogP contribution is -3.13. The largest absolute Gasteiger partial charge is 0.391 e. The average Bonchev–Trinajstić information content (AvgIpc) is 2.32. The molecular formula is C13H27N2O4+. The van der Waals surface area contributed by atoms with Gasteiger partial charge < -0.3 is 14.6 Å². The van der Waals surface area contributed by atoms with Gasteiger partial charge in [-0.15, -0.1) is 5.43 Å². The number of rotatable bonds is 11. The number of carbonyl (C=O) groups excluding carboxylic acids is 1. The van der Waals surface area contributed by atoms with Gasteiger partial charge in [-0.1, -0.05) is 5.17 Å². The first-order chi connectivity index (χ1) is 8.97. The Morgan fingerprint density at radius 3 is 2.68 bits per heavy atom. The number of hydrogen-bond acceptors (Lipinski definition) is 5. The van der Waals surface area contributed by atoms with E-state index < -0.39 is 6.10 Å². The first-order valence-electron chi connectivity index (χ1n) is 6.62. The number of aliphatic hydroxyl groups excluding tert-OH is 1. The van der Waals surface area contributed by atoms with E-state index in [0.717, 1.165) is 19.3 Å². The van der Waals surface area contributed by atoms with Crippen LogP contribution in [-0.4, -0.2) is 42.0 Å². The molecule has 0 saturated heterocycles. The average molecular weight is 275 g/mol. The Balaban J connectivity index is 3.82. The molecular weight excluding hydrogens is 248 g/mol. The van der Waals surface area contributed by atoms with Crippen LogP contribution in [0.3, 0.4) is 0 Å². The molecule has 4 N–H and O–H groups in total. The molecule has 6 heteroatoms. The third-order valence-corrected chi connectivity index (χ3v) is 2.69. The van der Waals surface area contributed by atoms with Crippen molar-refractivity contribution in [1.29, 1.82) is 0 Å². The second kappa shape index (κ2) is 11.1. The van der Waals surface area contributed by atoms with Gasteiger partial charge in [0.1, 0.15) is 18.0 Å². The van der Waals surface area contributed by atoms with Gasteiger partial charge in [0.2, 0.25) is 0 Å². The minimum Gasteiger partial charge on any atom is -0.391 e. The van der Waals surface area contributed by atoms with Gasteiger partial charge in [-0.2, -0.15) is 5.21 Å². The summed E-state index contributed by atoms with van der Waals surface area (Å²) >= 11 is 0. The van der Waals surface area contributed by atoms with Gasteiger partial charge in [0.25, 0.3) is 0 Å². The summed E-state index contributed by atoms with van der Waals surface area (Å²) in [4.78, 5) is 10.7. The van der Waals surface area contributed by atoms with Gasteiger partial charge in [0.15, 0.2) is 0 Å². The molecule has 112 valence electrons. The van der Waals surface area contributed by atoms with Crippen LogP contribution in [0.25, 0.3) is 0 Å². The molecule has 0 rings (SSSR count). The summed E-state index contributed by atoms with van der Waals surface area (Å²) in [5, 5.41) is 19.1. The topological polar surface area (TPSA) is 83.2 Å². The summed E-state index contributed by atoms with van der Waals surface area (Å²) in [5.74, 6) is 0.208. The van der Waals surface area contributed by atoms with E-state index in [1.165, 1.54) is 0 Å². The van der Waals surface area contributed by atoms with Crippen LogP contribution in [0, 0.1) is 0 Å². The van der Waals surface area contributed by atoms with E-state index in [2.05, 4.69) is 5.43 Å². The highest BCUT2D eigenvalue weighted by Crippen LogP contribution is 2.00. The minimum atomic E-state index is -0.619. The van der Waals surface area contributed by atoms with Crippen LogP contribution < -0.4 is 10.6 Å². The molecule has 6 nitrogen and oxygen atoms in total. The molecule has 0 saturated carbocycles. The molecule has 0 aromatic carbocycles. The molecule has 0 aliphatic heterocycles. The highest BCUT2D eigenvalue weighted by Gasteiger charge is 2.18. The van der Waals surface area contributed by atoms with Crippen LogP contribution in [0.4, 0.5) is 0 Å². The van der Waals surface area contributed by atoms with E-state index >= 15 is 0 Å². The van der Waals surface area contributed by atoms with E-state index in [1.807, 2.05) is 6.08 Å². The molecule has 19 heavy (non-hydrogen) atoms. The fourth-order valence-electron chi connectivity index (χ4n) is 1.55. The van der Waals surface area contributed by atoms with Crippen molar-refractivity contribution in [2.75, 3.05) is 13.7 Å². The monoisotopic (exact) mass is 275 g/mol. The Morgan fingerprint density at radius 2 is 2.16 bits per heavy atom. The van der Waals surface area contributed by atoms with Gasteiger partial charge >= 0.3 is 0 Å². The predicted octanol–water partition coefficient (Wildman–Crippen LogP) is -0.176. The normalized spacial score (nSPS) is 16.5. The zero-order chi connectivity index (χ0) is 14.7. The zero-order valence-electron chi connectivity index (χ0n) is 12.1. The molecule has 0 fully saturated rings. The van der Waals surface area contributed by atoms with Gasteiger partial charge in [0.05, 0.1) is 12.7 Å². The Morgan fingerprint density at radius 1 is 1.47 bits per heavy atom. The summed E-state index contributed by atoms with van der Waals surface area (Å²) in [7, 11) is 1.54. The Labute approximate surface area is 115 Å². The highest BCUT2D eigenvalue weighted by molar-refractivity contribution is 5.75. The lowest BCUT2D eigenvalue weighted by atomic mass is 10.1. The molecule has 0 aromatic heterocycles. The SMILES string of the molecule is COC[C@H](N[NH+](O)/C=C/CCCCC(C)=O)[C@H](C)O. The molecule has 0 aliphatic rings. The number of nitrogens with one attached hydrogen (secondary N) is 2. The van der Waals surface area contributed by atoms with Gasteiger partial charge in [-0.05, 0) is 39.2 Å². The smallest absolute Gasteiger partial charge is 0.143 e. The van der Waals surface area contributed by atoms with Gasteiger partial charge in [-0.3, -0.25) is 0 Å². The van der Waals surface area contributed by atoms with Crippen LogP contribution in [0.5, 0.6) is 0 Å². The van der Waals surface area contributed by atoms with Crippen molar-refractivity contribution in [1.82, 2.24) is 5.43 Å². The number of allylic oxidation sites excluding steroid dienone is 1. The Hall–Kier alpha value is -0.790. The van der Waals surface area contributed by atoms with Crippen LogP contribution in [0.15, 0.2) is 12.3 Å². The van der Waals surface area contributed by atoms with Crippen molar-refractivity contribution in [2.45, 2.75) is 51.7 Å². The predicted molar refractivity (Wildman–Crippen MR) is 71.5 cm³/mol. The number of hydrogen-bond donors (Lipinski definition) is 4. The maximum Gasteiger partial charge on any atom is 0.143 e. The highest BCUT2D eigenvalue weighted by atomic mass is 16.5. The molecule has 3 atom stereocenters. The van der Waals surface area contributed by atoms with Gasteiger partial charge in [0, 0.05) is 13.5 Å². The number of aliphatic hydroxyl groups is 1. The van der Waals surface area contributed by atoms with Gasteiger partial charge in [-0.25, -0.2) is 0 Å². The number of Topliss-reactive ketones (excluding diaryl/α,β-unsaturated/α-hetero) is 1. The lowest BCUT2D eigenvalue weighted by Gasteiger charge is -2.20. The van der Waals surface area contributed by atoms with Crippen molar-refractivity contribution in [2.24, 2.45) is 0 Å². The molecule has 0 aromatic rings. The second-order valence-corrected chi connectivity index (χ2v) is 4.68. The lowest BCUT2D eigenvalue weighted by molar-refractivity contribution is -1.09. The van der Waals surface area contributed by atoms with Crippen LogP contribution in [0.2, 0.25) is 0 Å². The maximum atomic E-state index is 10.7. The van der Waals surface area contributed by atoms with E-state index in [1.54, 1.807) is 27.2 Å². The number of methoxy groups -OCH3 is 1. The minimum absolute atomic E-state index is 0.00881. The summed E-state index contributed by atoms with van der Waals surface area (Å²) in [5.41, 5.74) is 2.78. The van der Waals surface area contributed by atoms with E-state index in [-0.39, 0.29) is 17.0 Å². The van der Waals surface area contributed by atoms with Crippen molar-refractivity contribution in [3.63, 3.8) is 0 Å². The molecule has 0 bridgehead atoms. The summed E-state index contributed by atoms with van der Waals surface area (Å²) < 4.78 is 4.94. The molecule has 0 radical (unpaired) electrons. The van der Waals surface area contributed by atoms with E-state index in [4.69, 9.17) is 4.74 Å². The fourth-order valence-corrected chi connectivity index (χ4v) is 1.55.